The Morgan fingerprint density at radius 2 is 2.04 bits per heavy atom. The molecule has 4 rings (SSSR count). The molecule has 0 saturated carbocycles. The molecule has 0 bridgehead atoms. The molecule has 0 aliphatic carbocycles. The van der Waals surface area contributed by atoms with Gasteiger partial charge in [-0.15, -0.1) is 0 Å². The number of aromatic nitrogens is 1. The van der Waals surface area contributed by atoms with Crippen LogP contribution in [0.3, 0.4) is 0 Å². The molecule has 1 atom stereocenters. The molecule has 3 heterocycles. The number of benzene rings is 1. The van der Waals surface area contributed by atoms with E-state index < -0.39 is 0 Å². The van der Waals surface area contributed by atoms with Crippen LogP contribution in [0, 0.1) is 0 Å². The number of hydrogen-bond donors (Lipinski definition) is 0. The van der Waals surface area contributed by atoms with E-state index in [1.165, 1.54) is 0 Å². The van der Waals surface area contributed by atoms with Crippen molar-refractivity contribution in [3.05, 3.63) is 53.2 Å². The maximum absolute atomic E-state index is 12.8. The van der Waals surface area contributed by atoms with Gasteiger partial charge in [0, 0.05) is 54.9 Å². The molecule has 1 aromatic carbocycles. The standard InChI is InChI=1S/C20H22ClN3O2S/c21-16-2-1-3-17(12-16)23-7-9-24(10-8-23)20(25)15-4-5-19(22-13-15)26-18-6-11-27-14-18/h1-5,12-13,18H,6-11,14H2. The first-order valence-electron chi connectivity index (χ1n) is 9.19. The average Bonchev–Trinajstić information content (AvgIpc) is 3.21. The predicted octanol–water partition coefficient (Wildman–Crippen LogP) is 3.58. The van der Waals surface area contributed by atoms with Gasteiger partial charge in [-0.2, -0.15) is 11.8 Å². The van der Waals surface area contributed by atoms with Gasteiger partial charge in [0.05, 0.1) is 5.56 Å². The van der Waals surface area contributed by atoms with Crippen molar-refractivity contribution >= 4 is 35.0 Å². The number of amides is 1. The maximum atomic E-state index is 12.8. The van der Waals surface area contributed by atoms with Gasteiger partial charge >= 0.3 is 0 Å². The van der Waals surface area contributed by atoms with Crippen molar-refractivity contribution in [2.45, 2.75) is 12.5 Å². The van der Waals surface area contributed by atoms with E-state index in [1.54, 1.807) is 12.3 Å². The lowest BCUT2D eigenvalue weighted by Crippen LogP contribution is -2.48. The lowest BCUT2D eigenvalue weighted by molar-refractivity contribution is 0.0746. The second-order valence-corrected chi connectivity index (χ2v) is 8.33. The number of ether oxygens (including phenoxy) is 1. The van der Waals surface area contributed by atoms with E-state index in [1.807, 2.05) is 40.9 Å². The fourth-order valence-corrected chi connectivity index (χ4v) is 4.65. The maximum Gasteiger partial charge on any atom is 0.255 e. The minimum absolute atomic E-state index is 0.0243. The van der Waals surface area contributed by atoms with Crippen LogP contribution in [-0.4, -0.2) is 59.6 Å². The van der Waals surface area contributed by atoms with Crippen molar-refractivity contribution in [2.75, 3.05) is 42.6 Å². The highest BCUT2D eigenvalue weighted by Gasteiger charge is 2.23. The molecule has 2 aromatic rings. The van der Waals surface area contributed by atoms with E-state index in [2.05, 4.69) is 16.0 Å². The summed E-state index contributed by atoms with van der Waals surface area (Å²) in [4.78, 5) is 21.2. The monoisotopic (exact) mass is 403 g/mol. The Bertz CT molecular complexity index is 788. The van der Waals surface area contributed by atoms with Crippen LogP contribution >= 0.6 is 23.4 Å². The SMILES string of the molecule is O=C(c1ccc(OC2CCSC2)nc1)N1CCN(c2cccc(Cl)c2)CC1. The van der Waals surface area contributed by atoms with Gasteiger partial charge < -0.3 is 14.5 Å². The van der Waals surface area contributed by atoms with Gasteiger partial charge in [0.25, 0.3) is 5.91 Å². The molecular formula is C20H22ClN3O2S. The molecule has 1 amide bonds. The van der Waals surface area contributed by atoms with Crippen molar-refractivity contribution in [1.82, 2.24) is 9.88 Å². The number of piperazine rings is 1. The summed E-state index contributed by atoms with van der Waals surface area (Å²) in [5.41, 5.74) is 1.71. The second kappa shape index (κ2) is 8.40. The third-order valence-corrected chi connectivity index (χ3v) is 6.27. The summed E-state index contributed by atoms with van der Waals surface area (Å²) in [5.74, 6) is 2.78. The van der Waals surface area contributed by atoms with Gasteiger partial charge in [-0.05, 0) is 36.4 Å². The number of pyridine rings is 1. The Balaban J connectivity index is 1.33. The molecule has 7 heteroatoms. The summed E-state index contributed by atoms with van der Waals surface area (Å²) >= 11 is 7.98. The number of halogens is 1. The van der Waals surface area contributed by atoms with E-state index in [9.17, 15) is 4.79 Å². The molecule has 2 aliphatic heterocycles. The predicted molar refractivity (Wildman–Crippen MR) is 110 cm³/mol. The van der Waals surface area contributed by atoms with Gasteiger partial charge in [0.2, 0.25) is 5.88 Å². The summed E-state index contributed by atoms with van der Waals surface area (Å²) in [6, 6.07) is 11.5. The summed E-state index contributed by atoms with van der Waals surface area (Å²) in [6.45, 7) is 2.95. The Morgan fingerprint density at radius 1 is 1.19 bits per heavy atom. The molecule has 27 heavy (non-hydrogen) atoms. The van der Waals surface area contributed by atoms with E-state index in [-0.39, 0.29) is 12.0 Å². The number of anilines is 1. The molecular weight excluding hydrogens is 382 g/mol. The Hall–Kier alpha value is -1.92. The van der Waals surface area contributed by atoms with Gasteiger partial charge in [-0.3, -0.25) is 4.79 Å². The molecule has 1 unspecified atom stereocenters. The van der Waals surface area contributed by atoms with Crippen LogP contribution in [0.25, 0.3) is 0 Å². The average molecular weight is 404 g/mol. The van der Waals surface area contributed by atoms with Crippen molar-refractivity contribution in [3.63, 3.8) is 0 Å². The zero-order valence-electron chi connectivity index (χ0n) is 15.0. The number of nitrogens with zero attached hydrogens (tertiary/aromatic N) is 3. The summed E-state index contributed by atoms with van der Waals surface area (Å²) in [5, 5.41) is 0.732. The second-order valence-electron chi connectivity index (χ2n) is 6.75. The molecule has 0 radical (unpaired) electrons. The van der Waals surface area contributed by atoms with Crippen LogP contribution in [0.15, 0.2) is 42.6 Å². The lowest BCUT2D eigenvalue weighted by atomic mass is 10.2. The fraction of sp³-hybridized carbons (Fsp3) is 0.400. The molecule has 1 aromatic heterocycles. The molecule has 2 saturated heterocycles. The summed E-state index contributed by atoms with van der Waals surface area (Å²) in [7, 11) is 0. The lowest BCUT2D eigenvalue weighted by Gasteiger charge is -2.36. The normalized spacial score (nSPS) is 20.0. The van der Waals surface area contributed by atoms with E-state index >= 15 is 0 Å². The first-order valence-corrected chi connectivity index (χ1v) is 10.7. The largest absolute Gasteiger partial charge is 0.473 e. The van der Waals surface area contributed by atoms with Crippen LogP contribution in [-0.2, 0) is 0 Å². The summed E-state index contributed by atoms with van der Waals surface area (Å²) < 4.78 is 5.85. The molecule has 2 aliphatic rings. The van der Waals surface area contributed by atoms with E-state index in [0.717, 1.165) is 41.7 Å². The summed E-state index contributed by atoms with van der Waals surface area (Å²) in [6.07, 6.45) is 2.93. The third kappa shape index (κ3) is 4.50. The van der Waals surface area contributed by atoms with Crippen LogP contribution in [0.2, 0.25) is 5.02 Å². The van der Waals surface area contributed by atoms with E-state index in [4.69, 9.17) is 16.3 Å². The van der Waals surface area contributed by atoms with Crippen molar-refractivity contribution in [3.8, 4) is 5.88 Å². The minimum atomic E-state index is 0.0243. The highest BCUT2D eigenvalue weighted by Crippen LogP contribution is 2.23. The van der Waals surface area contributed by atoms with Crippen LogP contribution in [0.4, 0.5) is 5.69 Å². The molecule has 5 nitrogen and oxygen atoms in total. The van der Waals surface area contributed by atoms with Crippen molar-refractivity contribution in [1.29, 1.82) is 0 Å². The number of thioether (sulfide) groups is 1. The van der Waals surface area contributed by atoms with Crippen LogP contribution < -0.4 is 9.64 Å². The molecule has 2 fully saturated rings. The molecule has 0 spiro atoms. The Morgan fingerprint density at radius 3 is 2.70 bits per heavy atom. The quantitative estimate of drug-likeness (QED) is 0.780. The molecule has 142 valence electrons. The number of carbonyl (C=O) groups is 1. The highest BCUT2D eigenvalue weighted by molar-refractivity contribution is 7.99. The Kier molecular flexibility index (Phi) is 5.74. The zero-order valence-corrected chi connectivity index (χ0v) is 16.6. The first-order chi connectivity index (χ1) is 13.2. The van der Waals surface area contributed by atoms with Gasteiger partial charge in [0.15, 0.2) is 0 Å². The first kappa shape index (κ1) is 18.4. The number of carbonyl (C=O) groups excluding carboxylic acids is 1. The minimum Gasteiger partial charge on any atom is -0.473 e. The third-order valence-electron chi connectivity index (χ3n) is 4.90. The smallest absolute Gasteiger partial charge is 0.255 e. The zero-order chi connectivity index (χ0) is 18.6. The number of hydrogen-bond acceptors (Lipinski definition) is 5. The van der Waals surface area contributed by atoms with Gasteiger partial charge in [0.1, 0.15) is 6.10 Å². The number of rotatable bonds is 4. The fourth-order valence-electron chi connectivity index (χ4n) is 3.38. The molecule has 0 N–H and O–H groups in total. The van der Waals surface area contributed by atoms with Gasteiger partial charge in [-0.25, -0.2) is 4.98 Å². The topological polar surface area (TPSA) is 45.7 Å². The van der Waals surface area contributed by atoms with Crippen molar-refractivity contribution < 1.29 is 9.53 Å². The van der Waals surface area contributed by atoms with Gasteiger partial charge in [-0.1, -0.05) is 17.7 Å². The Labute approximate surface area is 168 Å². The van der Waals surface area contributed by atoms with Crippen LogP contribution in [0.5, 0.6) is 5.88 Å². The van der Waals surface area contributed by atoms with Crippen molar-refractivity contribution in [2.24, 2.45) is 0 Å². The highest BCUT2D eigenvalue weighted by atomic mass is 35.5. The van der Waals surface area contributed by atoms with Crippen LogP contribution in [0.1, 0.15) is 16.8 Å². The van der Waals surface area contributed by atoms with E-state index in [0.29, 0.717) is 24.5 Å².